The highest BCUT2D eigenvalue weighted by Crippen LogP contribution is 2.26. The molecule has 0 amide bonds. The molecule has 6 nitrogen and oxygen atoms in total. The Hall–Kier alpha value is -1.45. The summed E-state index contributed by atoms with van der Waals surface area (Å²) in [7, 11) is -1.23. The fraction of sp³-hybridized carbons (Fsp3) is 0.267. The summed E-state index contributed by atoms with van der Waals surface area (Å²) in [6.07, 6.45) is -0.561. The molecule has 0 saturated carbocycles. The largest absolute Gasteiger partial charge is 0.465 e. The van der Waals surface area contributed by atoms with Gasteiger partial charge in [0.2, 0.25) is 10.0 Å². The number of carbonyl (C=O) groups excluding carboxylic acids is 1. The normalized spacial score (nSPS) is 12.8. The molecule has 0 saturated heterocycles. The number of benzene rings is 1. The third-order valence-electron chi connectivity index (χ3n) is 3.28. The molecule has 1 N–H and O–H groups in total. The predicted molar refractivity (Wildman–Crippen MR) is 92.0 cm³/mol. The highest BCUT2D eigenvalue weighted by molar-refractivity contribution is 7.89. The van der Waals surface area contributed by atoms with Gasteiger partial charge in [0.25, 0.3) is 0 Å². The molecule has 1 aromatic carbocycles. The van der Waals surface area contributed by atoms with Gasteiger partial charge in [-0.3, -0.25) is 0 Å². The number of esters is 1. The second-order valence-corrected chi connectivity index (χ2v) is 7.76. The minimum absolute atomic E-state index is 0.0247. The molecule has 1 atom stereocenters. The van der Waals surface area contributed by atoms with E-state index in [1.54, 1.807) is 24.3 Å². The number of hydrogen-bond donors (Lipinski definition) is 1. The van der Waals surface area contributed by atoms with E-state index in [4.69, 9.17) is 16.3 Å². The van der Waals surface area contributed by atoms with Crippen LogP contribution in [0.4, 0.5) is 0 Å². The van der Waals surface area contributed by atoms with Crippen LogP contribution < -0.4 is 4.72 Å². The quantitative estimate of drug-likeness (QED) is 0.736. The van der Waals surface area contributed by atoms with Gasteiger partial charge in [-0.15, -0.1) is 11.3 Å². The van der Waals surface area contributed by atoms with Crippen LogP contribution in [0.15, 0.2) is 40.6 Å². The van der Waals surface area contributed by atoms with E-state index in [0.717, 1.165) is 11.3 Å². The molecular formula is C15H16ClNO5S2. The lowest BCUT2D eigenvalue weighted by Crippen LogP contribution is -2.30. The van der Waals surface area contributed by atoms with Crippen molar-refractivity contribution in [1.29, 1.82) is 0 Å². The van der Waals surface area contributed by atoms with Crippen molar-refractivity contribution >= 4 is 38.9 Å². The maximum Gasteiger partial charge on any atom is 0.349 e. The van der Waals surface area contributed by atoms with Gasteiger partial charge in [-0.25, -0.2) is 17.9 Å². The zero-order valence-corrected chi connectivity index (χ0v) is 15.4. The molecule has 0 fully saturated rings. The number of halogens is 1. The van der Waals surface area contributed by atoms with E-state index in [9.17, 15) is 13.2 Å². The number of thiophene rings is 1. The van der Waals surface area contributed by atoms with Crippen molar-refractivity contribution in [2.75, 3.05) is 20.8 Å². The lowest BCUT2D eigenvalue weighted by atomic mass is 10.1. The summed E-state index contributed by atoms with van der Waals surface area (Å²) in [4.78, 5) is 11.6. The first-order chi connectivity index (χ1) is 11.4. The van der Waals surface area contributed by atoms with Gasteiger partial charge in [-0.05, 0) is 17.5 Å². The predicted octanol–water partition coefficient (Wildman–Crippen LogP) is 2.85. The number of methoxy groups -OCH3 is 2. The molecule has 130 valence electrons. The molecule has 9 heteroatoms. The second-order valence-electron chi connectivity index (χ2n) is 4.70. The van der Waals surface area contributed by atoms with Gasteiger partial charge in [-0.1, -0.05) is 29.8 Å². The number of ether oxygens (including phenoxy) is 2. The SMILES string of the molecule is COC(=O)c1sccc1S(=O)(=O)NCC(OC)c1ccccc1Cl. The van der Waals surface area contributed by atoms with E-state index in [0.29, 0.717) is 10.6 Å². The van der Waals surface area contributed by atoms with Gasteiger partial charge in [0.15, 0.2) is 0 Å². The average molecular weight is 390 g/mol. The first-order valence-electron chi connectivity index (χ1n) is 6.83. The molecular weight excluding hydrogens is 374 g/mol. The van der Waals surface area contributed by atoms with Crippen LogP contribution in [0.5, 0.6) is 0 Å². The number of carbonyl (C=O) groups is 1. The monoisotopic (exact) mass is 389 g/mol. The summed E-state index contributed by atoms with van der Waals surface area (Å²) in [6.45, 7) is -0.0287. The molecule has 2 aromatic rings. The maximum absolute atomic E-state index is 12.5. The van der Waals surface area contributed by atoms with Crippen LogP contribution in [0, 0.1) is 0 Å². The smallest absolute Gasteiger partial charge is 0.349 e. The minimum atomic E-state index is -3.89. The van der Waals surface area contributed by atoms with Crippen LogP contribution in [0.2, 0.25) is 5.02 Å². The van der Waals surface area contributed by atoms with Crippen molar-refractivity contribution in [3.05, 3.63) is 51.2 Å². The first kappa shape index (κ1) is 18.9. The minimum Gasteiger partial charge on any atom is -0.465 e. The number of nitrogens with one attached hydrogen (secondary N) is 1. The fourth-order valence-electron chi connectivity index (χ4n) is 2.07. The Morgan fingerprint density at radius 3 is 2.62 bits per heavy atom. The Bertz CT molecular complexity index is 819. The molecule has 1 aromatic heterocycles. The fourth-order valence-corrected chi connectivity index (χ4v) is 4.69. The van der Waals surface area contributed by atoms with Gasteiger partial charge < -0.3 is 9.47 Å². The molecule has 0 aliphatic heterocycles. The standard InChI is InChI=1S/C15H16ClNO5S2/c1-21-12(10-5-3-4-6-11(10)16)9-17-24(19,20)13-7-8-23-14(13)15(18)22-2/h3-8,12,17H,9H2,1-2H3. The zero-order valence-electron chi connectivity index (χ0n) is 13.0. The summed E-state index contributed by atoms with van der Waals surface area (Å²) < 4.78 is 37.3. The van der Waals surface area contributed by atoms with E-state index < -0.39 is 22.1 Å². The first-order valence-corrected chi connectivity index (χ1v) is 9.57. The van der Waals surface area contributed by atoms with Crippen LogP contribution in [0.1, 0.15) is 21.3 Å². The van der Waals surface area contributed by atoms with E-state index in [-0.39, 0.29) is 16.3 Å². The van der Waals surface area contributed by atoms with Crippen LogP contribution in [-0.2, 0) is 19.5 Å². The molecule has 2 rings (SSSR count). The van der Waals surface area contributed by atoms with Gasteiger partial charge >= 0.3 is 5.97 Å². The molecule has 24 heavy (non-hydrogen) atoms. The van der Waals surface area contributed by atoms with Crippen molar-refractivity contribution in [3.8, 4) is 0 Å². The topological polar surface area (TPSA) is 81.7 Å². The molecule has 1 heterocycles. The van der Waals surface area contributed by atoms with Crippen molar-refractivity contribution in [1.82, 2.24) is 4.72 Å². The van der Waals surface area contributed by atoms with E-state index in [2.05, 4.69) is 9.46 Å². The Balaban J connectivity index is 2.19. The van der Waals surface area contributed by atoms with Gasteiger partial charge in [0, 0.05) is 24.2 Å². The van der Waals surface area contributed by atoms with Crippen LogP contribution >= 0.6 is 22.9 Å². The molecule has 0 aliphatic carbocycles. The summed E-state index contributed by atoms with van der Waals surface area (Å²) in [6, 6.07) is 8.38. The van der Waals surface area contributed by atoms with E-state index in [1.807, 2.05) is 0 Å². The molecule has 0 bridgehead atoms. The van der Waals surface area contributed by atoms with Crippen LogP contribution in [-0.4, -0.2) is 35.2 Å². The molecule has 1 unspecified atom stereocenters. The molecule has 0 radical (unpaired) electrons. The van der Waals surface area contributed by atoms with Crippen molar-refractivity contribution < 1.29 is 22.7 Å². The number of sulfonamides is 1. The van der Waals surface area contributed by atoms with Crippen LogP contribution in [0.3, 0.4) is 0 Å². The number of hydrogen-bond acceptors (Lipinski definition) is 6. The molecule has 0 aliphatic rings. The lowest BCUT2D eigenvalue weighted by molar-refractivity contribution is 0.0602. The summed E-state index contributed by atoms with van der Waals surface area (Å²) in [5, 5.41) is 2.00. The van der Waals surface area contributed by atoms with Crippen molar-refractivity contribution in [2.24, 2.45) is 0 Å². The number of rotatable bonds is 7. The highest BCUT2D eigenvalue weighted by Gasteiger charge is 2.26. The summed E-state index contributed by atoms with van der Waals surface area (Å²) >= 11 is 7.12. The average Bonchev–Trinajstić information content (AvgIpc) is 3.06. The van der Waals surface area contributed by atoms with Crippen molar-refractivity contribution in [3.63, 3.8) is 0 Å². The summed E-state index contributed by atoms with van der Waals surface area (Å²) in [5.74, 6) is -0.695. The Morgan fingerprint density at radius 2 is 2.00 bits per heavy atom. The van der Waals surface area contributed by atoms with Gasteiger partial charge in [0.1, 0.15) is 9.77 Å². The molecule has 0 spiro atoms. The Labute approximate surface area is 149 Å². The van der Waals surface area contributed by atoms with Gasteiger partial charge in [-0.2, -0.15) is 0 Å². The van der Waals surface area contributed by atoms with E-state index in [1.165, 1.54) is 25.7 Å². The third-order valence-corrected chi connectivity index (χ3v) is 6.12. The zero-order chi connectivity index (χ0) is 17.7. The van der Waals surface area contributed by atoms with E-state index >= 15 is 0 Å². The Kier molecular flexibility index (Phi) is 6.36. The summed E-state index contributed by atoms with van der Waals surface area (Å²) in [5.41, 5.74) is 0.669. The maximum atomic E-state index is 12.5. The highest BCUT2D eigenvalue weighted by atomic mass is 35.5. The van der Waals surface area contributed by atoms with Crippen LogP contribution in [0.25, 0.3) is 0 Å². The van der Waals surface area contributed by atoms with Crippen molar-refractivity contribution in [2.45, 2.75) is 11.0 Å². The lowest BCUT2D eigenvalue weighted by Gasteiger charge is -2.17. The van der Waals surface area contributed by atoms with Gasteiger partial charge in [0.05, 0.1) is 13.2 Å². The Morgan fingerprint density at radius 1 is 1.29 bits per heavy atom. The third kappa shape index (κ3) is 4.14. The second kappa shape index (κ2) is 8.09.